The van der Waals surface area contributed by atoms with Crippen molar-refractivity contribution in [3.8, 4) is 0 Å². The molecule has 0 nitrogen and oxygen atoms in total. The maximum Gasteiger partial charge on any atom is -0.000719 e. The van der Waals surface area contributed by atoms with Gasteiger partial charge in [0.2, 0.25) is 0 Å². The van der Waals surface area contributed by atoms with Gasteiger partial charge in [-0.2, -0.15) is 0 Å². The van der Waals surface area contributed by atoms with Crippen LogP contribution in [0, 0.1) is 0 Å². The van der Waals surface area contributed by atoms with Crippen LogP contribution in [-0.4, -0.2) is 0 Å². The van der Waals surface area contributed by atoms with Crippen molar-refractivity contribution in [2.75, 3.05) is 0 Å². The molecule has 0 aromatic heterocycles. The molecule has 0 radical (unpaired) electrons. The highest BCUT2D eigenvalue weighted by atomic mass is 14.3. The number of hydrogen-bond donors (Lipinski definition) is 0. The fraction of sp³-hybridized carbons (Fsp3) is 0. The Balaban J connectivity index is 1.61. The molecule has 0 saturated heterocycles. The van der Waals surface area contributed by atoms with E-state index in [1.165, 1.54) is 108 Å². The van der Waals surface area contributed by atoms with Crippen molar-refractivity contribution in [1.29, 1.82) is 0 Å². The van der Waals surface area contributed by atoms with Gasteiger partial charge in [0.1, 0.15) is 0 Å². The minimum Gasteiger partial charge on any atom is -0.0616 e. The van der Waals surface area contributed by atoms with Crippen LogP contribution in [0.15, 0.2) is 133 Å². The maximum absolute atomic E-state index is 2.38. The predicted molar refractivity (Wildman–Crippen MR) is 184 cm³/mol. The van der Waals surface area contributed by atoms with Crippen molar-refractivity contribution < 1.29 is 0 Å². The molecule has 11 rings (SSSR count). The zero-order valence-electron chi connectivity index (χ0n) is 22.7. The Hall–Kier alpha value is -5.46. The van der Waals surface area contributed by atoms with Gasteiger partial charge in [-0.3, -0.25) is 0 Å². The minimum atomic E-state index is 1.30. The van der Waals surface area contributed by atoms with Crippen molar-refractivity contribution in [3.05, 3.63) is 133 Å². The van der Waals surface area contributed by atoms with Crippen molar-refractivity contribution in [2.45, 2.75) is 0 Å². The third-order valence-corrected chi connectivity index (χ3v) is 10.0. The van der Waals surface area contributed by atoms with Crippen molar-refractivity contribution in [3.63, 3.8) is 0 Å². The summed E-state index contributed by atoms with van der Waals surface area (Å²) < 4.78 is 0. The summed E-state index contributed by atoms with van der Waals surface area (Å²) in [5.74, 6) is 0. The van der Waals surface area contributed by atoms with E-state index in [9.17, 15) is 0 Å². The van der Waals surface area contributed by atoms with Crippen molar-refractivity contribution >= 4 is 108 Å². The van der Waals surface area contributed by atoms with E-state index < -0.39 is 0 Å². The van der Waals surface area contributed by atoms with Crippen LogP contribution >= 0.6 is 0 Å². The Labute approximate surface area is 240 Å². The van der Waals surface area contributed by atoms with Crippen LogP contribution in [0.25, 0.3) is 108 Å². The molecular weight excluding hydrogens is 504 g/mol. The topological polar surface area (TPSA) is 0 Å². The van der Waals surface area contributed by atoms with Gasteiger partial charge in [-0.05, 0) is 120 Å². The highest BCUT2D eigenvalue weighted by Crippen LogP contribution is 2.52. The van der Waals surface area contributed by atoms with Gasteiger partial charge in [0.05, 0.1) is 0 Å². The number of rotatable bonds is 0. The van der Waals surface area contributed by atoms with Crippen LogP contribution in [0.5, 0.6) is 0 Å². The first kappa shape index (κ1) is 21.3. The normalized spacial score (nSPS) is 12.8. The van der Waals surface area contributed by atoms with E-state index in [1.54, 1.807) is 0 Å². The minimum absolute atomic E-state index is 1.30. The predicted octanol–water partition coefficient (Wildman–Crippen LogP) is 12.1. The lowest BCUT2D eigenvalue weighted by molar-refractivity contribution is 1.79. The van der Waals surface area contributed by atoms with E-state index in [0.717, 1.165) is 0 Å². The fourth-order valence-corrected chi connectivity index (χ4v) is 8.51. The molecule has 190 valence electrons. The van der Waals surface area contributed by atoms with Gasteiger partial charge in [0, 0.05) is 0 Å². The molecule has 0 bridgehead atoms. The Kier molecular flexibility index (Phi) is 3.67. The summed E-state index contributed by atoms with van der Waals surface area (Å²) in [5, 5.41) is 27.0. The van der Waals surface area contributed by atoms with Gasteiger partial charge < -0.3 is 0 Å². The van der Waals surface area contributed by atoms with E-state index in [2.05, 4.69) is 133 Å². The van der Waals surface area contributed by atoms with E-state index >= 15 is 0 Å². The average molecular weight is 527 g/mol. The Morgan fingerprint density at radius 1 is 0.190 bits per heavy atom. The third kappa shape index (κ3) is 2.35. The molecular formula is C42H22. The van der Waals surface area contributed by atoms with E-state index in [0.29, 0.717) is 0 Å². The second-order valence-corrected chi connectivity index (χ2v) is 12.0. The third-order valence-electron chi connectivity index (χ3n) is 10.0. The Bertz CT molecular complexity index is 2740. The summed E-state index contributed by atoms with van der Waals surface area (Å²) in [6.07, 6.45) is 0. The summed E-state index contributed by atoms with van der Waals surface area (Å²) >= 11 is 0. The summed E-state index contributed by atoms with van der Waals surface area (Å²) in [4.78, 5) is 0. The average Bonchev–Trinajstić information content (AvgIpc) is 3.04. The molecule has 0 heterocycles. The molecule has 0 saturated carbocycles. The lowest BCUT2D eigenvalue weighted by Gasteiger charge is -2.22. The molecule has 0 aliphatic heterocycles. The standard InChI is InChI=1S/C42H22/c1-3-13-27-23(9-1)21-25-11-5-15-29-31-17-8-20-34-37(31)41(39(27)35(25)29)33-19-7-18-32-30-16-6-12-26-22-24-10-2-4-14-28(24)40(36(26)30)42(34)38(32)33/h1-22H. The lowest BCUT2D eigenvalue weighted by atomic mass is 9.80. The molecule has 0 spiro atoms. The molecule has 0 aliphatic rings. The molecule has 11 aromatic rings. The van der Waals surface area contributed by atoms with Crippen LogP contribution in [0.2, 0.25) is 0 Å². The van der Waals surface area contributed by atoms with Crippen LogP contribution in [0.4, 0.5) is 0 Å². The van der Waals surface area contributed by atoms with E-state index in [4.69, 9.17) is 0 Å². The molecule has 11 aromatic carbocycles. The van der Waals surface area contributed by atoms with Gasteiger partial charge in [-0.25, -0.2) is 0 Å². The lowest BCUT2D eigenvalue weighted by Crippen LogP contribution is -1.94. The fourth-order valence-electron chi connectivity index (χ4n) is 8.51. The number of benzene rings is 11. The molecule has 42 heavy (non-hydrogen) atoms. The van der Waals surface area contributed by atoms with E-state index in [1.807, 2.05) is 0 Å². The Morgan fingerprint density at radius 2 is 0.500 bits per heavy atom. The first-order valence-electron chi connectivity index (χ1n) is 14.8. The molecule has 0 atom stereocenters. The first-order chi connectivity index (χ1) is 20.9. The summed E-state index contributed by atoms with van der Waals surface area (Å²) in [7, 11) is 0. The van der Waals surface area contributed by atoms with Crippen LogP contribution in [0.1, 0.15) is 0 Å². The molecule has 0 amide bonds. The maximum atomic E-state index is 2.38. The Morgan fingerprint density at radius 3 is 0.976 bits per heavy atom. The van der Waals surface area contributed by atoms with Crippen LogP contribution in [-0.2, 0) is 0 Å². The first-order valence-corrected chi connectivity index (χ1v) is 14.8. The zero-order chi connectivity index (χ0) is 27.1. The summed E-state index contributed by atoms with van der Waals surface area (Å²) in [6, 6.07) is 50.3. The quantitative estimate of drug-likeness (QED) is 0.136. The van der Waals surface area contributed by atoms with Crippen LogP contribution in [0.3, 0.4) is 0 Å². The van der Waals surface area contributed by atoms with E-state index in [-0.39, 0.29) is 0 Å². The smallest absolute Gasteiger partial charge is 0.000719 e. The molecule has 0 N–H and O–H groups in total. The van der Waals surface area contributed by atoms with Gasteiger partial charge in [0.25, 0.3) is 0 Å². The van der Waals surface area contributed by atoms with Crippen LogP contribution < -0.4 is 0 Å². The summed E-state index contributed by atoms with van der Waals surface area (Å²) in [5.41, 5.74) is 0. The molecule has 0 heteroatoms. The highest BCUT2D eigenvalue weighted by Gasteiger charge is 2.23. The second kappa shape index (κ2) is 7.24. The van der Waals surface area contributed by atoms with Gasteiger partial charge in [0.15, 0.2) is 0 Å². The summed E-state index contributed by atoms with van der Waals surface area (Å²) in [6.45, 7) is 0. The highest BCUT2D eigenvalue weighted by molar-refractivity contribution is 6.50. The van der Waals surface area contributed by atoms with Crippen molar-refractivity contribution in [2.24, 2.45) is 0 Å². The van der Waals surface area contributed by atoms with Gasteiger partial charge in [-0.15, -0.1) is 0 Å². The molecule has 0 fully saturated rings. The number of hydrogen-bond acceptors (Lipinski definition) is 0. The van der Waals surface area contributed by atoms with Crippen molar-refractivity contribution in [1.82, 2.24) is 0 Å². The molecule has 0 unspecified atom stereocenters. The second-order valence-electron chi connectivity index (χ2n) is 12.0. The monoisotopic (exact) mass is 526 g/mol. The number of fused-ring (bicyclic) bond motifs is 10. The largest absolute Gasteiger partial charge is 0.0616 e. The zero-order valence-corrected chi connectivity index (χ0v) is 22.7. The SMILES string of the molecule is c1ccc2c(c1)cc1cccc3c4cccc5c4c(c4cccc6c7cccc8cc9ccccc9c(c87)c5c64)c2c13. The van der Waals surface area contributed by atoms with Gasteiger partial charge >= 0.3 is 0 Å². The molecule has 0 aliphatic carbocycles. The van der Waals surface area contributed by atoms with Gasteiger partial charge in [-0.1, -0.05) is 121 Å².